The quantitative estimate of drug-likeness (QED) is 0.479. The Morgan fingerprint density at radius 2 is 2.18 bits per heavy atom. The number of fused-ring (bicyclic) bond motifs is 2. The zero-order valence-electron chi connectivity index (χ0n) is 11.7. The number of rotatable bonds is 0. The second kappa shape index (κ2) is 6.59. The molecule has 5 nitrogen and oxygen atoms in total. The van der Waals surface area contributed by atoms with Crippen LogP contribution in [-0.2, 0) is 6.54 Å². The lowest BCUT2D eigenvalue weighted by Crippen LogP contribution is -2.54. The topological polar surface area (TPSA) is 53.0 Å². The van der Waals surface area contributed by atoms with Gasteiger partial charge < -0.3 is 14.7 Å². The van der Waals surface area contributed by atoms with Crippen molar-refractivity contribution < 1.29 is 14.6 Å². The molecule has 22 heavy (non-hydrogen) atoms. The fourth-order valence-electron chi connectivity index (χ4n) is 2.97. The van der Waals surface area contributed by atoms with Gasteiger partial charge in [-0.15, -0.1) is 0 Å². The molecule has 2 aliphatic heterocycles. The Hall–Kier alpha value is -0.440. The van der Waals surface area contributed by atoms with E-state index in [0.29, 0.717) is 48.6 Å². The molecule has 0 saturated carbocycles. The van der Waals surface area contributed by atoms with Crippen molar-refractivity contribution in [3.63, 3.8) is 0 Å². The summed E-state index contributed by atoms with van der Waals surface area (Å²) < 4.78 is 6.65. The summed E-state index contributed by atoms with van der Waals surface area (Å²) in [6.45, 7) is 2.92. The van der Waals surface area contributed by atoms with Crippen molar-refractivity contribution in [2.75, 3.05) is 26.2 Å². The highest BCUT2D eigenvalue weighted by atomic mass is 127. The second-order valence-corrected chi connectivity index (χ2v) is 7.33. The lowest BCUT2D eigenvalue weighted by molar-refractivity contribution is 0.0489. The zero-order chi connectivity index (χ0) is 15.9. The average Bonchev–Trinajstić information content (AvgIpc) is 2.46. The van der Waals surface area contributed by atoms with Gasteiger partial charge in [-0.3, -0.25) is 4.90 Å². The first-order valence-corrected chi connectivity index (χ1v) is 8.82. The Balaban J connectivity index is 1.88. The van der Waals surface area contributed by atoms with Crippen LogP contribution in [0.1, 0.15) is 12.0 Å². The molecular formula is C14H15Cl2IN2O3. The van der Waals surface area contributed by atoms with Gasteiger partial charge in [-0.05, 0) is 35.1 Å². The molecule has 0 unspecified atom stereocenters. The third-order valence-electron chi connectivity index (χ3n) is 4.14. The van der Waals surface area contributed by atoms with Gasteiger partial charge in [0, 0.05) is 37.8 Å². The molecule has 0 spiro atoms. The average molecular weight is 457 g/mol. The molecular weight excluding hydrogens is 442 g/mol. The van der Waals surface area contributed by atoms with Gasteiger partial charge in [-0.1, -0.05) is 23.2 Å². The maximum absolute atomic E-state index is 11.1. The SMILES string of the molecule is O=C(O)N1CCN2Cc3cc(Cl)c(I)c(Cl)c3OCC[C@@H]2C1. The van der Waals surface area contributed by atoms with Crippen LogP contribution in [-0.4, -0.2) is 53.3 Å². The molecule has 1 fully saturated rings. The molecule has 2 aliphatic rings. The van der Waals surface area contributed by atoms with Gasteiger partial charge >= 0.3 is 6.09 Å². The van der Waals surface area contributed by atoms with Gasteiger partial charge in [-0.2, -0.15) is 0 Å². The number of benzene rings is 1. The van der Waals surface area contributed by atoms with Crippen LogP contribution in [0.5, 0.6) is 5.75 Å². The molecule has 1 aromatic rings. The molecule has 120 valence electrons. The predicted molar refractivity (Wildman–Crippen MR) is 93.1 cm³/mol. The first kappa shape index (κ1) is 16.4. The number of nitrogens with zero attached hydrogens (tertiary/aromatic N) is 2. The Bertz CT molecular complexity index is 614. The van der Waals surface area contributed by atoms with Gasteiger partial charge in [0.1, 0.15) is 5.75 Å². The summed E-state index contributed by atoms with van der Waals surface area (Å²) in [6, 6.07) is 2.06. The molecule has 0 aromatic heterocycles. The van der Waals surface area contributed by atoms with E-state index in [2.05, 4.69) is 27.5 Å². The Morgan fingerprint density at radius 1 is 1.41 bits per heavy atom. The minimum absolute atomic E-state index is 0.162. The normalized spacial score (nSPS) is 22.1. The van der Waals surface area contributed by atoms with E-state index in [0.717, 1.165) is 15.6 Å². The van der Waals surface area contributed by atoms with E-state index in [1.807, 2.05) is 6.07 Å². The number of piperazine rings is 1. The third kappa shape index (κ3) is 3.11. The molecule has 0 aliphatic carbocycles. The fraction of sp³-hybridized carbons (Fsp3) is 0.500. The molecule has 1 N–H and O–H groups in total. The second-order valence-electron chi connectivity index (χ2n) is 5.46. The van der Waals surface area contributed by atoms with Crippen LogP contribution in [0.25, 0.3) is 0 Å². The van der Waals surface area contributed by atoms with Crippen LogP contribution in [0.15, 0.2) is 6.07 Å². The van der Waals surface area contributed by atoms with E-state index in [-0.39, 0.29) is 6.04 Å². The van der Waals surface area contributed by atoms with Crippen molar-refractivity contribution in [3.8, 4) is 5.75 Å². The Kier molecular flexibility index (Phi) is 4.92. The molecule has 1 amide bonds. The number of hydrogen-bond acceptors (Lipinski definition) is 3. The van der Waals surface area contributed by atoms with Crippen molar-refractivity contribution >= 4 is 51.9 Å². The zero-order valence-corrected chi connectivity index (χ0v) is 15.4. The first-order chi connectivity index (χ1) is 10.5. The molecule has 0 bridgehead atoms. The summed E-state index contributed by atoms with van der Waals surface area (Å²) in [7, 11) is 0. The summed E-state index contributed by atoms with van der Waals surface area (Å²) in [5, 5.41) is 10.3. The van der Waals surface area contributed by atoms with E-state index in [1.54, 1.807) is 0 Å². The van der Waals surface area contributed by atoms with Gasteiger partial charge in [0.15, 0.2) is 0 Å². The maximum Gasteiger partial charge on any atom is 0.407 e. The van der Waals surface area contributed by atoms with Crippen LogP contribution >= 0.6 is 45.8 Å². The highest BCUT2D eigenvalue weighted by molar-refractivity contribution is 14.1. The van der Waals surface area contributed by atoms with Gasteiger partial charge in [0.2, 0.25) is 0 Å². The number of carbonyl (C=O) groups is 1. The molecule has 3 rings (SSSR count). The highest BCUT2D eigenvalue weighted by Gasteiger charge is 2.32. The Labute approximate surface area is 152 Å². The van der Waals surface area contributed by atoms with E-state index >= 15 is 0 Å². The summed E-state index contributed by atoms with van der Waals surface area (Å²) in [4.78, 5) is 14.9. The van der Waals surface area contributed by atoms with Crippen LogP contribution in [0.3, 0.4) is 0 Å². The maximum atomic E-state index is 11.1. The van der Waals surface area contributed by atoms with Crippen molar-refractivity contribution in [3.05, 3.63) is 25.2 Å². The number of halogens is 3. The summed E-state index contributed by atoms with van der Waals surface area (Å²) in [5.74, 6) is 0.703. The van der Waals surface area contributed by atoms with Gasteiger partial charge in [0.05, 0.1) is 20.2 Å². The van der Waals surface area contributed by atoms with Crippen LogP contribution in [0, 0.1) is 3.57 Å². The highest BCUT2D eigenvalue weighted by Crippen LogP contribution is 2.39. The fourth-order valence-corrected chi connectivity index (χ4v) is 3.92. The molecule has 8 heteroatoms. The van der Waals surface area contributed by atoms with Gasteiger partial charge in [0.25, 0.3) is 0 Å². The standard InChI is InChI=1S/C14H15Cl2IN2O3/c15-10-5-8-6-18-2-3-19(14(20)21)7-9(18)1-4-22-13(8)11(16)12(10)17/h5,9H,1-4,6-7H2,(H,20,21)/t9-/m1/s1. The predicted octanol–water partition coefficient (Wildman–Crippen LogP) is 3.54. The lowest BCUT2D eigenvalue weighted by atomic mass is 10.1. The molecule has 1 saturated heterocycles. The summed E-state index contributed by atoms with van der Waals surface area (Å²) in [6.07, 6.45) is -0.0812. The summed E-state index contributed by atoms with van der Waals surface area (Å²) in [5.41, 5.74) is 0.962. The Morgan fingerprint density at radius 3 is 2.91 bits per heavy atom. The summed E-state index contributed by atoms with van der Waals surface area (Å²) >= 11 is 14.7. The van der Waals surface area contributed by atoms with Crippen molar-refractivity contribution in [2.45, 2.75) is 19.0 Å². The van der Waals surface area contributed by atoms with Crippen LogP contribution in [0.2, 0.25) is 10.0 Å². The monoisotopic (exact) mass is 456 g/mol. The molecule has 2 heterocycles. The van der Waals surface area contributed by atoms with Crippen molar-refractivity contribution in [1.82, 2.24) is 9.80 Å². The van der Waals surface area contributed by atoms with E-state index in [4.69, 9.17) is 33.0 Å². The van der Waals surface area contributed by atoms with Crippen molar-refractivity contribution in [2.24, 2.45) is 0 Å². The van der Waals surface area contributed by atoms with Gasteiger partial charge in [-0.25, -0.2) is 4.79 Å². The van der Waals surface area contributed by atoms with Crippen molar-refractivity contribution in [1.29, 1.82) is 0 Å². The first-order valence-electron chi connectivity index (χ1n) is 6.98. The number of ether oxygens (including phenoxy) is 1. The number of carboxylic acid groups (broad SMARTS) is 1. The van der Waals surface area contributed by atoms with E-state index < -0.39 is 6.09 Å². The number of hydrogen-bond donors (Lipinski definition) is 1. The molecule has 1 aromatic carbocycles. The minimum atomic E-state index is -0.858. The lowest BCUT2D eigenvalue weighted by Gasteiger charge is -2.41. The van der Waals surface area contributed by atoms with E-state index in [1.165, 1.54) is 4.90 Å². The largest absolute Gasteiger partial charge is 0.492 e. The molecule has 0 radical (unpaired) electrons. The number of amides is 1. The van der Waals surface area contributed by atoms with Crippen LogP contribution in [0.4, 0.5) is 4.79 Å². The smallest absolute Gasteiger partial charge is 0.407 e. The molecule has 1 atom stereocenters. The van der Waals surface area contributed by atoms with Crippen LogP contribution < -0.4 is 4.74 Å². The minimum Gasteiger partial charge on any atom is -0.492 e. The third-order valence-corrected chi connectivity index (χ3v) is 6.56. The van der Waals surface area contributed by atoms with E-state index in [9.17, 15) is 4.79 Å².